The molecule has 3 fully saturated rings. The van der Waals surface area contributed by atoms with Crippen LogP contribution >= 0.6 is 0 Å². The molecule has 0 aromatic carbocycles. The van der Waals surface area contributed by atoms with Crippen molar-refractivity contribution in [1.82, 2.24) is 10.2 Å². The molecule has 0 unspecified atom stereocenters. The smallest absolute Gasteiger partial charge is 0.222 e. The van der Waals surface area contributed by atoms with E-state index in [1.807, 2.05) is 19.1 Å². The average Bonchev–Trinajstić information content (AvgIpc) is 3.38. The number of Topliss-reactive ketones (excluding diaryl/α,β-unsaturated/α-hetero) is 1. The number of hydrogen-bond acceptors (Lipinski definition) is 6. The molecule has 5 aliphatic rings. The minimum absolute atomic E-state index is 0.0492. The van der Waals surface area contributed by atoms with E-state index in [1.165, 1.54) is 6.39 Å². The van der Waals surface area contributed by atoms with E-state index in [0.717, 1.165) is 50.5 Å². The highest BCUT2D eigenvalue weighted by Crippen LogP contribution is 2.73. The van der Waals surface area contributed by atoms with E-state index in [1.54, 1.807) is 0 Å². The van der Waals surface area contributed by atoms with Crippen LogP contribution < -0.4 is 0 Å². The van der Waals surface area contributed by atoms with Crippen molar-refractivity contribution in [3.05, 3.63) is 35.6 Å². The summed E-state index contributed by atoms with van der Waals surface area (Å²) in [6, 6.07) is 2.17. The van der Waals surface area contributed by atoms with Gasteiger partial charge in [-0.2, -0.15) is 5.26 Å². The summed E-state index contributed by atoms with van der Waals surface area (Å²) in [6.45, 7) is 13.5. The summed E-state index contributed by atoms with van der Waals surface area (Å²) in [7, 11) is 0. The van der Waals surface area contributed by atoms with Gasteiger partial charge in [0.15, 0.2) is 11.6 Å². The zero-order valence-corrected chi connectivity index (χ0v) is 23.1. The highest BCUT2D eigenvalue weighted by atomic mass is 16.4. The molecule has 6 rings (SSSR count). The molecule has 1 heterocycles. The summed E-state index contributed by atoms with van der Waals surface area (Å²) in [5.74, 6) is 0.778. The van der Waals surface area contributed by atoms with E-state index in [2.05, 4.69) is 50.9 Å². The Labute approximate surface area is 220 Å². The molecule has 0 radical (unpaired) electrons. The fourth-order valence-electron chi connectivity index (χ4n) is 10.0. The number of carbonyl (C=O) groups is 2. The molecule has 0 spiro atoms. The summed E-state index contributed by atoms with van der Waals surface area (Å²) in [5.41, 5.74) is 0.392. The molecular weight excluding hydrogens is 462 g/mol. The molecule has 37 heavy (non-hydrogen) atoms. The second-order valence-corrected chi connectivity index (χ2v) is 14.3. The van der Waals surface area contributed by atoms with Gasteiger partial charge in [-0.05, 0) is 79.1 Å². The van der Waals surface area contributed by atoms with Crippen LogP contribution in [0.15, 0.2) is 34.1 Å². The first-order chi connectivity index (χ1) is 17.3. The van der Waals surface area contributed by atoms with Crippen molar-refractivity contribution >= 4 is 11.6 Å². The number of rotatable bonds is 1. The number of allylic oxidation sites excluding steroid dienone is 4. The molecule has 1 aromatic heterocycles. The molecule has 0 amide bonds. The van der Waals surface area contributed by atoms with Gasteiger partial charge in [0.25, 0.3) is 0 Å². The van der Waals surface area contributed by atoms with E-state index in [-0.39, 0.29) is 62.5 Å². The van der Waals surface area contributed by atoms with Crippen LogP contribution in [0.25, 0.3) is 0 Å². The number of ketones is 2. The molecule has 6 heteroatoms. The van der Waals surface area contributed by atoms with Crippen molar-refractivity contribution in [3.8, 4) is 6.07 Å². The van der Waals surface area contributed by atoms with E-state index in [9.17, 15) is 14.9 Å². The van der Waals surface area contributed by atoms with Gasteiger partial charge in [-0.15, -0.1) is 10.2 Å². The maximum Gasteiger partial charge on any atom is 0.222 e. The Kier molecular flexibility index (Phi) is 5.03. The topological polar surface area (TPSA) is 96.8 Å². The fourth-order valence-corrected chi connectivity index (χ4v) is 10.0. The second kappa shape index (κ2) is 7.52. The largest absolute Gasteiger partial charge is 0.427 e. The monoisotopic (exact) mass is 501 g/mol. The minimum atomic E-state index is -0.470. The number of nitriles is 1. The first-order valence-electron chi connectivity index (χ1n) is 14.0. The molecule has 0 bridgehead atoms. The minimum Gasteiger partial charge on any atom is -0.427 e. The Morgan fingerprint density at radius 2 is 1.76 bits per heavy atom. The van der Waals surface area contributed by atoms with E-state index < -0.39 is 5.41 Å². The van der Waals surface area contributed by atoms with Crippen LogP contribution in [-0.2, 0) is 15.0 Å². The summed E-state index contributed by atoms with van der Waals surface area (Å²) in [4.78, 5) is 27.3. The second-order valence-electron chi connectivity index (χ2n) is 14.3. The highest BCUT2D eigenvalue weighted by molar-refractivity contribution is 6.02. The molecule has 1 aromatic rings. The maximum atomic E-state index is 14.4. The van der Waals surface area contributed by atoms with E-state index in [4.69, 9.17) is 4.42 Å². The van der Waals surface area contributed by atoms with Crippen LogP contribution in [0.3, 0.4) is 0 Å². The van der Waals surface area contributed by atoms with E-state index in [0.29, 0.717) is 5.89 Å². The molecular formula is C31H39N3O3. The summed E-state index contributed by atoms with van der Waals surface area (Å²) in [6.07, 6.45) is 12.0. The Bertz CT molecular complexity index is 1290. The van der Waals surface area contributed by atoms with Crippen LogP contribution in [0.1, 0.15) is 92.4 Å². The van der Waals surface area contributed by atoms with Crippen molar-refractivity contribution in [3.63, 3.8) is 0 Å². The summed E-state index contributed by atoms with van der Waals surface area (Å²) in [5, 5.41) is 18.3. The third-order valence-electron chi connectivity index (χ3n) is 12.3. The van der Waals surface area contributed by atoms with Gasteiger partial charge in [0.1, 0.15) is 6.07 Å². The fraction of sp³-hybridized carbons (Fsp3) is 0.710. The molecule has 8 atom stereocenters. The lowest BCUT2D eigenvalue weighted by molar-refractivity contribution is -0.159. The quantitative estimate of drug-likeness (QED) is 0.458. The molecule has 0 N–H and O–H groups in total. The molecule has 196 valence electrons. The molecule has 0 aliphatic heterocycles. The first-order valence-corrected chi connectivity index (χ1v) is 14.0. The SMILES string of the molecule is C[C@@H]1C(=O)C(C#N)=C[C@]2(C)C3=CC(=O)[C@@H]4[C@@H]5CC(C)(C)CC[C@]5(c5nnco5)CC[C@@]4(C)[C@]3(C)CC[C@@H]12. The first kappa shape index (κ1) is 24.8. The number of hydrogen-bond donors (Lipinski definition) is 0. The zero-order valence-electron chi connectivity index (χ0n) is 23.1. The van der Waals surface area contributed by atoms with Crippen LogP contribution in [0.2, 0.25) is 0 Å². The van der Waals surface area contributed by atoms with Crippen molar-refractivity contribution in [1.29, 1.82) is 5.26 Å². The normalized spacial score (nSPS) is 46.4. The summed E-state index contributed by atoms with van der Waals surface area (Å²) >= 11 is 0. The predicted molar refractivity (Wildman–Crippen MR) is 138 cm³/mol. The Morgan fingerprint density at radius 1 is 1.03 bits per heavy atom. The van der Waals surface area contributed by atoms with Gasteiger partial charge >= 0.3 is 0 Å². The Morgan fingerprint density at radius 3 is 2.43 bits per heavy atom. The van der Waals surface area contributed by atoms with Gasteiger partial charge in [0.05, 0.1) is 11.0 Å². The van der Waals surface area contributed by atoms with E-state index >= 15 is 0 Å². The molecule has 6 nitrogen and oxygen atoms in total. The number of carbonyl (C=O) groups excluding carboxylic acids is 2. The van der Waals surface area contributed by atoms with Crippen molar-refractivity contribution in [2.75, 3.05) is 0 Å². The molecule has 3 saturated carbocycles. The van der Waals surface area contributed by atoms with Gasteiger partial charge in [-0.3, -0.25) is 9.59 Å². The number of fused-ring (bicyclic) bond motifs is 7. The molecule has 0 saturated heterocycles. The zero-order chi connectivity index (χ0) is 26.6. The van der Waals surface area contributed by atoms with Crippen molar-refractivity contribution < 1.29 is 14.0 Å². The predicted octanol–water partition coefficient (Wildman–Crippen LogP) is 6.15. The van der Waals surface area contributed by atoms with Crippen molar-refractivity contribution in [2.45, 2.75) is 91.9 Å². The Hall–Kier alpha value is -2.55. The lowest BCUT2D eigenvalue weighted by Gasteiger charge is -2.68. The Balaban J connectivity index is 1.53. The van der Waals surface area contributed by atoms with Crippen molar-refractivity contribution in [2.24, 2.45) is 45.3 Å². The lowest BCUT2D eigenvalue weighted by Crippen LogP contribution is -2.65. The standard InChI is InChI=1S/C31H39N3O3/c1-18-20-7-8-29(5)23(28(20,4)14-19(16-32)25(18)36)13-22(35)24-21-15-27(2,3)9-11-31(21,12-10-30(24,29)6)26-34-33-17-37-26/h13-14,17-18,20-21,24H,7-12,15H2,1-6H3/t18-,20-,21-,24-,28-,29+,30+,31-/m0/s1. The van der Waals surface area contributed by atoms with Gasteiger partial charge in [-0.1, -0.05) is 53.2 Å². The van der Waals surface area contributed by atoms with Crippen LogP contribution in [0.5, 0.6) is 0 Å². The van der Waals surface area contributed by atoms with Gasteiger partial charge < -0.3 is 4.42 Å². The maximum absolute atomic E-state index is 14.4. The lowest BCUT2D eigenvalue weighted by atomic mass is 9.35. The van der Waals surface area contributed by atoms with Gasteiger partial charge in [-0.25, -0.2) is 0 Å². The van der Waals surface area contributed by atoms with Gasteiger partial charge in [0, 0.05) is 17.3 Å². The third-order valence-corrected chi connectivity index (χ3v) is 12.3. The number of aromatic nitrogens is 2. The van der Waals surface area contributed by atoms with Gasteiger partial charge in [0.2, 0.25) is 12.3 Å². The third kappa shape index (κ3) is 2.98. The van der Waals surface area contributed by atoms with Crippen LogP contribution in [-0.4, -0.2) is 21.8 Å². The highest BCUT2D eigenvalue weighted by Gasteiger charge is 2.69. The average molecular weight is 502 g/mol. The van der Waals surface area contributed by atoms with Crippen LogP contribution in [0, 0.1) is 56.7 Å². The summed E-state index contributed by atoms with van der Waals surface area (Å²) < 4.78 is 5.89. The molecule has 5 aliphatic carbocycles. The van der Waals surface area contributed by atoms with Crippen LogP contribution in [0.4, 0.5) is 0 Å². The number of nitrogens with zero attached hydrogens (tertiary/aromatic N) is 3.